The zero-order valence-electron chi connectivity index (χ0n) is 2.95. The van der Waals surface area contributed by atoms with Crippen LogP contribution in [0.1, 0.15) is 0 Å². The summed E-state index contributed by atoms with van der Waals surface area (Å²) in [4.78, 5) is 0. The first-order valence-electron chi connectivity index (χ1n) is 0. The Kier molecular flexibility index (Phi) is 20600. The molecule has 3 radical (unpaired) electrons. The molecule has 0 aromatic heterocycles. The van der Waals surface area contributed by atoms with Gasteiger partial charge in [-0.2, -0.15) is 0 Å². The molecule has 0 fully saturated rings. The fourth-order valence-electron chi connectivity index (χ4n) is 0. The number of rotatable bonds is 0. The third-order valence-corrected chi connectivity index (χ3v) is 0. The van der Waals surface area contributed by atoms with E-state index in [0.717, 1.165) is 0 Å². The van der Waals surface area contributed by atoms with E-state index >= 15 is 0 Å². The van der Waals surface area contributed by atoms with E-state index in [-0.39, 0.29) is 53.6 Å². The molecule has 0 atom stereocenters. The first kappa shape index (κ1) is 463. The van der Waals surface area contributed by atoms with Crippen molar-refractivity contribution in [1.29, 1.82) is 0 Å². The van der Waals surface area contributed by atoms with Gasteiger partial charge < -0.3 is 27.4 Å². The van der Waals surface area contributed by atoms with Crippen molar-refractivity contribution in [2.75, 3.05) is 0 Å². The minimum atomic E-state index is 0. The maximum absolute atomic E-state index is 0. The first-order valence-corrected chi connectivity index (χ1v) is 0. The van der Waals surface area contributed by atoms with Crippen LogP contribution >= 0.6 is 0 Å². The maximum Gasteiger partial charge on any atom is 0 e. The van der Waals surface area contributed by atoms with Gasteiger partial charge in [0.05, 0.1) is 0 Å². The van der Waals surface area contributed by atoms with E-state index in [1.165, 1.54) is 0 Å². The van der Waals surface area contributed by atoms with Gasteiger partial charge in [0.2, 0.25) is 0 Å². The Labute approximate surface area is 54.0 Å². The predicted molar refractivity (Wildman–Crippen MR) is 23.8 cm³/mol. The molecule has 0 aromatic rings. The van der Waals surface area contributed by atoms with Crippen molar-refractivity contribution in [3.8, 4) is 0 Å². The van der Waals surface area contributed by atoms with Crippen molar-refractivity contribution in [1.82, 2.24) is 0 Å². The van der Waals surface area contributed by atoms with Crippen molar-refractivity contribution in [3.63, 3.8) is 0 Å². The molecular formula is H10BiO5. The summed E-state index contributed by atoms with van der Waals surface area (Å²) in [5.74, 6) is 0. The van der Waals surface area contributed by atoms with Gasteiger partial charge in [-0.25, -0.2) is 0 Å². The predicted octanol–water partition coefficient (Wildman–Crippen LogP) is -4.50. The Morgan fingerprint density at radius 3 is 0.333 bits per heavy atom. The topological polar surface area (TPSA) is 158 Å². The molecular weight excluding hydrogens is 289 g/mol. The van der Waals surface area contributed by atoms with Gasteiger partial charge in [0, 0.05) is 26.2 Å². The molecule has 6 heteroatoms. The molecule has 0 aliphatic heterocycles. The summed E-state index contributed by atoms with van der Waals surface area (Å²) in [6, 6.07) is 0. The quantitative estimate of drug-likeness (QED) is 0.395. The van der Waals surface area contributed by atoms with Crippen LogP contribution in [0.15, 0.2) is 0 Å². The van der Waals surface area contributed by atoms with Crippen LogP contribution in [0.3, 0.4) is 0 Å². The van der Waals surface area contributed by atoms with Crippen LogP contribution in [0.5, 0.6) is 0 Å². The summed E-state index contributed by atoms with van der Waals surface area (Å²) in [7, 11) is 0. The molecule has 0 heterocycles. The molecule has 0 rings (SSSR count). The summed E-state index contributed by atoms with van der Waals surface area (Å²) in [6.45, 7) is 0. The van der Waals surface area contributed by atoms with Crippen molar-refractivity contribution >= 4 is 26.2 Å². The molecule has 0 spiro atoms. The minimum Gasteiger partial charge on any atom is -0.412 e. The van der Waals surface area contributed by atoms with Gasteiger partial charge >= 0.3 is 0 Å². The van der Waals surface area contributed by atoms with E-state index in [1.54, 1.807) is 0 Å². The van der Waals surface area contributed by atoms with Gasteiger partial charge in [0.1, 0.15) is 0 Å². The van der Waals surface area contributed by atoms with E-state index in [2.05, 4.69) is 0 Å². The molecule has 10 N–H and O–H groups in total. The molecule has 0 bridgehead atoms. The Balaban J connectivity index is 0. The fourth-order valence-corrected chi connectivity index (χ4v) is 0. The minimum absolute atomic E-state index is 0. The zero-order chi connectivity index (χ0) is 0. The molecule has 6 heavy (non-hydrogen) atoms. The molecule has 0 aromatic carbocycles. The molecule has 0 aliphatic carbocycles. The van der Waals surface area contributed by atoms with Gasteiger partial charge in [-0.1, -0.05) is 0 Å². The summed E-state index contributed by atoms with van der Waals surface area (Å²) in [6.07, 6.45) is 0. The summed E-state index contributed by atoms with van der Waals surface area (Å²) >= 11 is 0. The molecule has 5 nitrogen and oxygen atoms in total. The van der Waals surface area contributed by atoms with Gasteiger partial charge in [-0.05, 0) is 0 Å². The second kappa shape index (κ2) is 267. The SMILES string of the molecule is O.O.O.O.O.[Bi]. The van der Waals surface area contributed by atoms with Crippen LogP contribution in [0.4, 0.5) is 0 Å². The Hall–Kier alpha value is 0.683. The van der Waals surface area contributed by atoms with Gasteiger partial charge in [-0.15, -0.1) is 0 Å². The van der Waals surface area contributed by atoms with E-state index in [0.29, 0.717) is 0 Å². The third kappa shape index (κ3) is 136. The molecule has 0 aliphatic rings. The molecule has 0 amide bonds. The van der Waals surface area contributed by atoms with Crippen molar-refractivity contribution in [3.05, 3.63) is 0 Å². The van der Waals surface area contributed by atoms with Crippen molar-refractivity contribution in [2.24, 2.45) is 0 Å². The summed E-state index contributed by atoms with van der Waals surface area (Å²) in [5.41, 5.74) is 0. The average Bonchev–Trinajstić information content (AvgIpc) is 0. The van der Waals surface area contributed by atoms with Crippen molar-refractivity contribution < 1.29 is 27.4 Å². The first-order chi connectivity index (χ1) is 0. The fraction of sp³-hybridized carbons (Fsp3) is 0. The Morgan fingerprint density at radius 2 is 0.333 bits per heavy atom. The summed E-state index contributed by atoms with van der Waals surface area (Å²) in [5, 5.41) is 0. The van der Waals surface area contributed by atoms with Gasteiger partial charge in [0.15, 0.2) is 0 Å². The average molecular weight is 299 g/mol. The zero-order valence-corrected chi connectivity index (χ0v) is 6.42. The van der Waals surface area contributed by atoms with E-state index in [4.69, 9.17) is 0 Å². The summed E-state index contributed by atoms with van der Waals surface area (Å²) < 4.78 is 0. The second-order valence-electron chi connectivity index (χ2n) is 0. The molecule has 0 saturated heterocycles. The van der Waals surface area contributed by atoms with Crippen LogP contribution in [-0.2, 0) is 0 Å². The van der Waals surface area contributed by atoms with Crippen LogP contribution in [0.2, 0.25) is 0 Å². The molecule has 45 valence electrons. The van der Waals surface area contributed by atoms with E-state index in [9.17, 15) is 0 Å². The number of hydrogen-bond acceptors (Lipinski definition) is 0. The molecule has 0 saturated carbocycles. The normalized spacial score (nSPS) is 0. The standard InChI is InChI=1S/Bi.5H2O/h;5*1H2. The monoisotopic (exact) mass is 299 g/mol. The van der Waals surface area contributed by atoms with E-state index < -0.39 is 0 Å². The molecule has 0 unspecified atom stereocenters. The second-order valence-corrected chi connectivity index (χ2v) is 0. The maximum atomic E-state index is 0. The third-order valence-electron chi connectivity index (χ3n) is 0. The van der Waals surface area contributed by atoms with Crippen LogP contribution in [-0.4, -0.2) is 53.6 Å². The van der Waals surface area contributed by atoms with Gasteiger partial charge in [0.25, 0.3) is 0 Å². The van der Waals surface area contributed by atoms with Gasteiger partial charge in [-0.3, -0.25) is 0 Å². The number of hydrogen-bond donors (Lipinski definition) is 0. The van der Waals surface area contributed by atoms with Crippen LogP contribution < -0.4 is 0 Å². The van der Waals surface area contributed by atoms with Crippen molar-refractivity contribution in [2.45, 2.75) is 0 Å². The Morgan fingerprint density at radius 1 is 0.333 bits per heavy atom. The smallest absolute Gasteiger partial charge is 0 e. The largest absolute Gasteiger partial charge is 0.412 e. The van der Waals surface area contributed by atoms with Crippen LogP contribution in [0.25, 0.3) is 0 Å². The van der Waals surface area contributed by atoms with Crippen LogP contribution in [0, 0.1) is 0 Å². The Bertz CT molecular complexity index is 3.90. The van der Waals surface area contributed by atoms with E-state index in [1.807, 2.05) is 0 Å².